The Morgan fingerprint density at radius 1 is 0.892 bits per heavy atom. The summed E-state index contributed by atoms with van der Waals surface area (Å²) in [7, 11) is 0. The Morgan fingerprint density at radius 3 is 2.27 bits per heavy atom. The summed E-state index contributed by atoms with van der Waals surface area (Å²) in [4.78, 5) is 49.1. The van der Waals surface area contributed by atoms with Crippen molar-refractivity contribution in [2.24, 2.45) is 0 Å². The maximum atomic E-state index is 13.6. The summed E-state index contributed by atoms with van der Waals surface area (Å²) < 4.78 is 4.11. The number of carbonyl (C=O) groups excluding carboxylic acids is 1. The van der Waals surface area contributed by atoms with E-state index in [9.17, 15) is 14.4 Å². The SMILES string of the molecule is CCn1cnc2c1c(=O)n(CC(=O)N[C@@H](c1ccccc1)c1ccccn1)c(=O)n2Cc1ccccc1. The molecule has 0 spiro atoms. The maximum Gasteiger partial charge on any atom is 0.333 e. The van der Waals surface area contributed by atoms with E-state index in [1.165, 1.54) is 4.57 Å². The summed E-state index contributed by atoms with van der Waals surface area (Å²) in [5, 5.41) is 2.96. The van der Waals surface area contributed by atoms with Crippen LogP contribution in [-0.2, 0) is 24.4 Å². The third kappa shape index (κ3) is 4.84. The van der Waals surface area contributed by atoms with E-state index in [1.807, 2.05) is 79.7 Å². The summed E-state index contributed by atoms with van der Waals surface area (Å²) >= 11 is 0. The molecule has 0 saturated carbocycles. The smallest absolute Gasteiger partial charge is 0.333 e. The number of fused-ring (bicyclic) bond motifs is 1. The lowest BCUT2D eigenvalue weighted by molar-refractivity contribution is -0.122. The highest BCUT2D eigenvalue weighted by atomic mass is 16.2. The summed E-state index contributed by atoms with van der Waals surface area (Å²) in [6, 6.07) is 23.8. The number of benzene rings is 2. The summed E-state index contributed by atoms with van der Waals surface area (Å²) in [5.74, 6) is -0.480. The lowest BCUT2D eigenvalue weighted by Crippen LogP contribution is -2.45. The Morgan fingerprint density at radius 2 is 1.59 bits per heavy atom. The van der Waals surface area contributed by atoms with Gasteiger partial charge in [0.15, 0.2) is 11.2 Å². The first kappa shape index (κ1) is 23.9. The van der Waals surface area contributed by atoms with Crippen molar-refractivity contribution in [3.05, 3.63) is 129 Å². The number of amides is 1. The number of hydrogen-bond donors (Lipinski definition) is 1. The summed E-state index contributed by atoms with van der Waals surface area (Å²) in [5.41, 5.74) is 1.81. The van der Waals surface area contributed by atoms with Crippen molar-refractivity contribution >= 4 is 17.1 Å². The Kier molecular flexibility index (Phi) is 6.76. The predicted molar refractivity (Wildman–Crippen MR) is 140 cm³/mol. The van der Waals surface area contributed by atoms with Gasteiger partial charge in [0.25, 0.3) is 5.56 Å². The van der Waals surface area contributed by atoms with Crippen molar-refractivity contribution in [1.82, 2.24) is 29.0 Å². The van der Waals surface area contributed by atoms with Gasteiger partial charge >= 0.3 is 5.69 Å². The molecule has 5 aromatic rings. The van der Waals surface area contributed by atoms with Gasteiger partial charge in [0.1, 0.15) is 6.54 Å². The highest BCUT2D eigenvalue weighted by Crippen LogP contribution is 2.20. The van der Waals surface area contributed by atoms with Crippen molar-refractivity contribution in [3.8, 4) is 0 Å². The molecule has 1 atom stereocenters. The molecule has 0 fully saturated rings. The molecule has 9 nitrogen and oxygen atoms in total. The van der Waals surface area contributed by atoms with E-state index in [4.69, 9.17) is 0 Å². The normalized spacial score (nSPS) is 11.9. The van der Waals surface area contributed by atoms with Gasteiger partial charge in [-0.3, -0.25) is 19.1 Å². The van der Waals surface area contributed by atoms with Crippen molar-refractivity contribution in [2.45, 2.75) is 32.6 Å². The average Bonchev–Trinajstić information content (AvgIpc) is 3.38. The number of nitrogens with one attached hydrogen (secondary N) is 1. The van der Waals surface area contributed by atoms with Gasteiger partial charge in [-0.1, -0.05) is 66.7 Å². The van der Waals surface area contributed by atoms with E-state index in [2.05, 4.69) is 15.3 Å². The van der Waals surface area contributed by atoms with Crippen LogP contribution in [-0.4, -0.2) is 29.6 Å². The molecule has 0 aliphatic carbocycles. The van der Waals surface area contributed by atoms with Gasteiger partial charge < -0.3 is 9.88 Å². The van der Waals surface area contributed by atoms with Crippen molar-refractivity contribution in [1.29, 1.82) is 0 Å². The lowest BCUT2D eigenvalue weighted by atomic mass is 10.0. The minimum Gasteiger partial charge on any atom is -0.342 e. The molecule has 0 saturated heterocycles. The van der Waals surface area contributed by atoms with Crippen LogP contribution in [0.15, 0.2) is 101 Å². The van der Waals surface area contributed by atoms with E-state index in [1.54, 1.807) is 23.2 Å². The third-order valence-corrected chi connectivity index (χ3v) is 6.23. The molecule has 186 valence electrons. The average molecular weight is 495 g/mol. The Balaban J connectivity index is 1.54. The van der Waals surface area contributed by atoms with Gasteiger partial charge in [-0.25, -0.2) is 14.3 Å². The molecule has 0 radical (unpaired) electrons. The minimum atomic E-state index is -0.591. The first-order valence-corrected chi connectivity index (χ1v) is 12.0. The number of hydrogen-bond acceptors (Lipinski definition) is 5. The largest absolute Gasteiger partial charge is 0.342 e. The van der Waals surface area contributed by atoms with Crippen LogP contribution >= 0.6 is 0 Å². The number of aryl methyl sites for hydroxylation is 1. The van der Waals surface area contributed by atoms with Gasteiger partial charge in [0, 0.05) is 12.7 Å². The number of nitrogens with zero attached hydrogens (tertiary/aromatic N) is 5. The van der Waals surface area contributed by atoms with Crippen LogP contribution in [0.4, 0.5) is 0 Å². The zero-order valence-electron chi connectivity index (χ0n) is 20.3. The molecule has 5 rings (SSSR count). The molecule has 3 aromatic heterocycles. The first-order chi connectivity index (χ1) is 18.1. The third-order valence-electron chi connectivity index (χ3n) is 6.23. The number of carbonyl (C=O) groups is 1. The molecule has 9 heteroatoms. The Hall–Kier alpha value is -4.79. The second-order valence-corrected chi connectivity index (χ2v) is 8.61. The molecule has 3 heterocycles. The highest BCUT2D eigenvalue weighted by molar-refractivity contribution is 5.77. The maximum absolute atomic E-state index is 13.6. The van der Waals surface area contributed by atoms with Gasteiger partial charge in [0.05, 0.1) is 24.6 Å². The molecule has 0 aliphatic rings. The molecule has 1 N–H and O–H groups in total. The second-order valence-electron chi connectivity index (χ2n) is 8.61. The van der Waals surface area contributed by atoms with Gasteiger partial charge in [-0.15, -0.1) is 0 Å². The van der Waals surface area contributed by atoms with Crippen LogP contribution in [0.3, 0.4) is 0 Å². The number of pyridine rings is 1. The van der Waals surface area contributed by atoms with Crippen LogP contribution in [0.5, 0.6) is 0 Å². The van der Waals surface area contributed by atoms with Crippen molar-refractivity contribution in [3.63, 3.8) is 0 Å². The number of aromatic nitrogens is 5. The van der Waals surface area contributed by atoms with Gasteiger partial charge in [-0.2, -0.15) is 0 Å². The van der Waals surface area contributed by atoms with Crippen LogP contribution in [0.1, 0.15) is 29.8 Å². The number of imidazole rings is 1. The van der Waals surface area contributed by atoms with Crippen LogP contribution in [0, 0.1) is 0 Å². The van der Waals surface area contributed by atoms with E-state index >= 15 is 0 Å². The van der Waals surface area contributed by atoms with Crippen molar-refractivity contribution < 1.29 is 4.79 Å². The molecule has 1 amide bonds. The molecular formula is C28H26N6O3. The van der Waals surface area contributed by atoms with Gasteiger partial charge in [0.2, 0.25) is 5.91 Å². The predicted octanol–water partition coefficient (Wildman–Crippen LogP) is 2.73. The van der Waals surface area contributed by atoms with Crippen LogP contribution in [0.2, 0.25) is 0 Å². The lowest BCUT2D eigenvalue weighted by Gasteiger charge is -2.19. The molecule has 0 unspecified atom stereocenters. The molecule has 37 heavy (non-hydrogen) atoms. The van der Waals surface area contributed by atoms with E-state index in [0.717, 1.165) is 15.7 Å². The first-order valence-electron chi connectivity index (χ1n) is 12.0. The fourth-order valence-electron chi connectivity index (χ4n) is 4.40. The quantitative estimate of drug-likeness (QED) is 0.357. The fourth-order valence-corrected chi connectivity index (χ4v) is 4.40. The Labute approximate surface area is 212 Å². The fraction of sp³-hybridized carbons (Fsp3) is 0.179. The molecule has 2 aromatic carbocycles. The van der Waals surface area contributed by atoms with E-state index in [0.29, 0.717) is 17.9 Å². The molecule has 0 aliphatic heterocycles. The van der Waals surface area contributed by atoms with E-state index < -0.39 is 29.7 Å². The topological polar surface area (TPSA) is 104 Å². The summed E-state index contributed by atoms with van der Waals surface area (Å²) in [6.45, 7) is 2.17. The van der Waals surface area contributed by atoms with E-state index in [-0.39, 0.29) is 12.1 Å². The minimum absolute atomic E-state index is 0.222. The highest BCUT2D eigenvalue weighted by Gasteiger charge is 2.22. The monoisotopic (exact) mass is 494 g/mol. The zero-order chi connectivity index (χ0) is 25.8. The van der Waals surface area contributed by atoms with Crippen molar-refractivity contribution in [2.75, 3.05) is 0 Å². The molecular weight excluding hydrogens is 468 g/mol. The second kappa shape index (κ2) is 10.4. The summed E-state index contributed by atoms with van der Waals surface area (Å²) in [6.07, 6.45) is 3.20. The van der Waals surface area contributed by atoms with Gasteiger partial charge in [-0.05, 0) is 30.2 Å². The zero-order valence-corrected chi connectivity index (χ0v) is 20.3. The standard InChI is InChI=1S/C28H26N6O3/c1-2-32-19-30-26-25(32)27(36)34(28(37)33(26)17-20-11-5-3-6-12-20)18-23(35)31-24(21-13-7-4-8-14-21)22-15-9-10-16-29-22/h3-16,19,24H,2,17-18H2,1H3,(H,31,35)/t24-/m0/s1. The molecule has 0 bridgehead atoms. The Bertz CT molecular complexity index is 1600. The number of rotatable bonds is 8. The van der Waals surface area contributed by atoms with Crippen LogP contribution < -0.4 is 16.6 Å². The van der Waals surface area contributed by atoms with Crippen LogP contribution in [0.25, 0.3) is 11.2 Å².